The minimum absolute atomic E-state index is 0.0699. The van der Waals surface area contributed by atoms with Gasteiger partial charge in [0.1, 0.15) is 5.69 Å². The Hall–Kier alpha value is -2.13. The number of nitrogens with one attached hydrogen (secondary N) is 1. The molecule has 0 bridgehead atoms. The van der Waals surface area contributed by atoms with E-state index in [0.717, 1.165) is 38.9 Å². The topological polar surface area (TPSA) is 82.2 Å². The van der Waals surface area contributed by atoms with Gasteiger partial charge >= 0.3 is 0 Å². The second-order valence-electron chi connectivity index (χ2n) is 5.31. The highest BCUT2D eigenvalue weighted by Crippen LogP contribution is 2.30. The Bertz CT molecular complexity index is 547. The van der Waals surface area contributed by atoms with Crippen LogP contribution >= 0.6 is 0 Å². The van der Waals surface area contributed by atoms with E-state index in [4.69, 9.17) is 5.26 Å². The second-order valence-corrected chi connectivity index (χ2v) is 5.31. The van der Waals surface area contributed by atoms with Gasteiger partial charge in [0.2, 0.25) is 0 Å². The Balaban J connectivity index is 2.32. The number of nitro groups is 1. The van der Waals surface area contributed by atoms with Crippen molar-refractivity contribution in [1.29, 1.82) is 5.26 Å². The molecule has 1 heterocycles. The standard InChI is InChI=1S/C15H20N4O2/c1-2-8-18(11-13-4-3-7-17-13)15-9-12(10-16)5-6-14(15)19(20)21/h5-6,9,13,17H,2-4,7-8,11H2,1H3. The predicted molar refractivity (Wildman–Crippen MR) is 81.3 cm³/mol. The van der Waals surface area contributed by atoms with Crippen LogP contribution in [-0.2, 0) is 0 Å². The fourth-order valence-electron chi connectivity index (χ4n) is 2.76. The lowest BCUT2D eigenvalue weighted by atomic mass is 10.1. The molecule has 1 aliphatic rings. The highest BCUT2D eigenvalue weighted by atomic mass is 16.6. The van der Waals surface area contributed by atoms with Gasteiger partial charge in [-0.1, -0.05) is 6.92 Å². The molecule has 0 amide bonds. The van der Waals surface area contributed by atoms with Gasteiger partial charge in [-0.15, -0.1) is 0 Å². The van der Waals surface area contributed by atoms with E-state index in [1.54, 1.807) is 6.07 Å². The molecule has 0 aliphatic carbocycles. The van der Waals surface area contributed by atoms with E-state index in [-0.39, 0.29) is 10.6 Å². The van der Waals surface area contributed by atoms with Crippen molar-refractivity contribution in [2.45, 2.75) is 32.2 Å². The third-order valence-electron chi connectivity index (χ3n) is 3.74. The highest BCUT2D eigenvalue weighted by Gasteiger charge is 2.23. The molecule has 0 radical (unpaired) electrons. The zero-order chi connectivity index (χ0) is 15.2. The first kappa shape index (κ1) is 15.3. The fraction of sp³-hybridized carbons (Fsp3) is 0.533. The number of rotatable bonds is 6. The monoisotopic (exact) mass is 288 g/mol. The molecular formula is C15H20N4O2. The lowest BCUT2D eigenvalue weighted by Gasteiger charge is -2.27. The van der Waals surface area contributed by atoms with Crippen molar-refractivity contribution < 1.29 is 4.92 Å². The first-order chi connectivity index (χ1) is 10.2. The van der Waals surface area contributed by atoms with Gasteiger partial charge in [-0.2, -0.15) is 5.26 Å². The Morgan fingerprint density at radius 2 is 2.38 bits per heavy atom. The van der Waals surface area contributed by atoms with Crippen molar-refractivity contribution in [1.82, 2.24) is 5.32 Å². The summed E-state index contributed by atoms with van der Waals surface area (Å²) in [5.41, 5.74) is 1.08. The first-order valence-electron chi connectivity index (χ1n) is 7.32. The van der Waals surface area contributed by atoms with Gasteiger partial charge in [0, 0.05) is 25.2 Å². The molecule has 112 valence electrons. The zero-order valence-corrected chi connectivity index (χ0v) is 12.2. The van der Waals surface area contributed by atoms with E-state index in [2.05, 4.69) is 18.3 Å². The van der Waals surface area contributed by atoms with E-state index in [9.17, 15) is 10.1 Å². The summed E-state index contributed by atoms with van der Waals surface area (Å²) < 4.78 is 0. The fourth-order valence-corrected chi connectivity index (χ4v) is 2.76. The van der Waals surface area contributed by atoms with Crippen molar-refractivity contribution in [3.05, 3.63) is 33.9 Å². The largest absolute Gasteiger partial charge is 0.364 e. The molecule has 1 aromatic carbocycles. The van der Waals surface area contributed by atoms with E-state index >= 15 is 0 Å². The highest BCUT2D eigenvalue weighted by molar-refractivity contribution is 5.66. The molecule has 2 rings (SSSR count). The van der Waals surface area contributed by atoms with Crippen molar-refractivity contribution in [2.75, 3.05) is 24.5 Å². The number of nitrogens with zero attached hydrogens (tertiary/aromatic N) is 3. The smallest absolute Gasteiger partial charge is 0.292 e. The zero-order valence-electron chi connectivity index (χ0n) is 12.2. The van der Waals surface area contributed by atoms with E-state index in [1.807, 2.05) is 4.90 Å². The summed E-state index contributed by atoms with van der Waals surface area (Å²) in [7, 11) is 0. The molecule has 1 atom stereocenters. The van der Waals surface area contributed by atoms with E-state index in [0.29, 0.717) is 17.3 Å². The number of nitriles is 1. The molecule has 1 N–H and O–H groups in total. The number of benzene rings is 1. The van der Waals surface area contributed by atoms with Crippen LogP contribution in [0.1, 0.15) is 31.7 Å². The van der Waals surface area contributed by atoms with Crippen molar-refractivity contribution in [3.63, 3.8) is 0 Å². The SMILES string of the molecule is CCCN(CC1CCCN1)c1cc(C#N)ccc1[N+](=O)[O-]. The van der Waals surface area contributed by atoms with Gasteiger partial charge in [-0.05, 0) is 37.9 Å². The minimum atomic E-state index is -0.374. The van der Waals surface area contributed by atoms with Crippen LogP contribution in [0, 0.1) is 21.4 Å². The first-order valence-corrected chi connectivity index (χ1v) is 7.32. The van der Waals surface area contributed by atoms with Gasteiger partial charge in [-0.3, -0.25) is 10.1 Å². The van der Waals surface area contributed by atoms with Crippen molar-refractivity contribution >= 4 is 11.4 Å². The summed E-state index contributed by atoms with van der Waals surface area (Å²) in [6.45, 7) is 4.54. The van der Waals surface area contributed by atoms with Crippen molar-refractivity contribution in [3.8, 4) is 6.07 Å². The third-order valence-corrected chi connectivity index (χ3v) is 3.74. The Kier molecular flexibility index (Phi) is 5.12. The van der Waals surface area contributed by atoms with Crippen LogP contribution in [0.3, 0.4) is 0 Å². The predicted octanol–water partition coefficient (Wildman–Crippen LogP) is 2.43. The summed E-state index contributed by atoms with van der Waals surface area (Å²) in [6.07, 6.45) is 3.14. The van der Waals surface area contributed by atoms with Crippen LogP contribution in [0.15, 0.2) is 18.2 Å². The molecule has 6 nitrogen and oxygen atoms in total. The molecule has 0 spiro atoms. The Morgan fingerprint density at radius 3 is 2.95 bits per heavy atom. The quantitative estimate of drug-likeness (QED) is 0.642. The maximum absolute atomic E-state index is 11.2. The molecule has 0 saturated carbocycles. The molecule has 1 aromatic rings. The maximum Gasteiger partial charge on any atom is 0.292 e. The summed E-state index contributed by atoms with van der Waals surface area (Å²) >= 11 is 0. The normalized spacial score (nSPS) is 17.4. The van der Waals surface area contributed by atoms with Gasteiger partial charge in [0.15, 0.2) is 0 Å². The van der Waals surface area contributed by atoms with Crippen LogP contribution in [0.5, 0.6) is 0 Å². The van der Waals surface area contributed by atoms with Gasteiger partial charge in [0.05, 0.1) is 16.6 Å². The van der Waals surface area contributed by atoms with Crippen molar-refractivity contribution in [2.24, 2.45) is 0 Å². The molecule has 6 heteroatoms. The van der Waals surface area contributed by atoms with Crippen LogP contribution in [0.2, 0.25) is 0 Å². The van der Waals surface area contributed by atoms with Gasteiger partial charge < -0.3 is 10.2 Å². The molecular weight excluding hydrogens is 268 g/mol. The van der Waals surface area contributed by atoms with Gasteiger partial charge in [-0.25, -0.2) is 0 Å². The molecule has 1 saturated heterocycles. The summed E-state index contributed by atoms with van der Waals surface area (Å²) in [5, 5.41) is 23.7. The average molecular weight is 288 g/mol. The lowest BCUT2D eigenvalue weighted by Crippen LogP contribution is -2.38. The molecule has 1 unspecified atom stereocenters. The summed E-state index contributed by atoms with van der Waals surface area (Å²) in [4.78, 5) is 12.9. The summed E-state index contributed by atoms with van der Waals surface area (Å²) in [6, 6.07) is 6.98. The summed E-state index contributed by atoms with van der Waals surface area (Å²) in [5.74, 6) is 0. The van der Waals surface area contributed by atoms with Crippen LogP contribution < -0.4 is 10.2 Å². The Labute approximate surface area is 124 Å². The number of hydrogen-bond donors (Lipinski definition) is 1. The van der Waals surface area contributed by atoms with Crippen LogP contribution in [0.4, 0.5) is 11.4 Å². The lowest BCUT2D eigenvalue weighted by molar-refractivity contribution is -0.384. The maximum atomic E-state index is 11.2. The minimum Gasteiger partial charge on any atom is -0.364 e. The number of hydrogen-bond acceptors (Lipinski definition) is 5. The molecule has 21 heavy (non-hydrogen) atoms. The van der Waals surface area contributed by atoms with E-state index < -0.39 is 0 Å². The second kappa shape index (κ2) is 7.04. The average Bonchev–Trinajstić information content (AvgIpc) is 2.99. The van der Waals surface area contributed by atoms with Gasteiger partial charge in [0.25, 0.3) is 5.69 Å². The van der Waals surface area contributed by atoms with Crippen LogP contribution in [0.25, 0.3) is 0 Å². The molecule has 1 fully saturated rings. The van der Waals surface area contributed by atoms with E-state index in [1.165, 1.54) is 12.1 Å². The van der Waals surface area contributed by atoms with Crippen LogP contribution in [-0.4, -0.2) is 30.6 Å². The number of anilines is 1. The molecule has 1 aliphatic heterocycles. The molecule has 0 aromatic heterocycles. The number of nitro benzene ring substituents is 1. The Morgan fingerprint density at radius 1 is 1.57 bits per heavy atom. The third kappa shape index (κ3) is 3.70.